The van der Waals surface area contributed by atoms with Crippen LogP contribution in [-0.4, -0.2) is 68.2 Å². The van der Waals surface area contributed by atoms with Gasteiger partial charge >= 0.3 is 0 Å². The summed E-state index contributed by atoms with van der Waals surface area (Å²) in [5.74, 6) is -0.342. The number of hydrogen-bond donors (Lipinski definition) is 3. The van der Waals surface area contributed by atoms with Crippen molar-refractivity contribution in [1.29, 1.82) is 0 Å². The van der Waals surface area contributed by atoms with Crippen LogP contribution in [-0.2, 0) is 19.7 Å². The van der Waals surface area contributed by atoms with Gasteiger partial charge in [-0.25, -0.2) is 0 Å². The Kier molecular flexibility index (Phi) is 7.64. The summed E-state index contributed by atoms with van der Waals surface area (Å²) >= 11 is 0. The number of nitrogens with one attached hydrogen (secondary N) is 2. The van der Waals surface area contributed by atoms with Crippen molar-refractivity contribution in [3.8, 4) is 0 Å². The fourth-order valence-electron chi connectivity index (χ4n) is 3.52. The lowest BCUT2D eigenvalue weighted by Gasteiger charge is -2.32. The van der Waals surface area contributed by atoms with Crippen molar-refractivity contribution < 1.29 is 22.6 Å². The lowest BCUT2D eigenvalue weighted by Crippen LogP contribution is -2.46. The second-order valence-electron chi connectivity index (χ2n) is 6.99. The fourth-order valence-corrected chi connectivity index (χ4v) is 3.88. The highest BCUT2D eigenvalue weighted by molar-refractivity contribution is 7.85. The number of carbonyl (C=O) groups is 2. The van der Waals surface area contributed by atoms with Gasteiger partial charge in [-0.15, -0.1) is 0 Å². The first-order valence-corrected chi connectivity index (χ1v) is 10.7. The van der Waals surface area contributed by atoms with E-state index in [9.17, 15) is 18.0 Å². The molecule has 0 aliphatic carbocycles. The van der Waals surface area contributed by atoms with Crippen LogP contribution in [0.5, 0.6) is 0 Å². The minimum atomic E-state index is -4.08. The van der Waals surface area contributed by atoms with Gasteiger partial charge in [0.15, 0.2) is 0 Å². The smallest absolute Gasteiger partial charge is 0.266 e. The molecule has 0 bridgehead atoms. The van der Waals surface area contributed by atoms with Gasteiger partial charge in [0.2, 0.25) is 11.8 Å². The highest BCUT2D eigenvalue weighted by atomic mass is 32.2. The molecule has 1 atom stereocenters. The standard InChI is InChI=1S/C16H29N3O5S/c20-15(4-3-13-5-7-17-8-6-13)19-10-1-2-14(12-19)16(21)18-9-11-25(22,23)24/h13-14,17H,1-12H2,(H,18,21)(H,22,23,24). The van der Waals surface area contributed by atoms with Crippen LogP contribution in [0.3, 0.4) is 0 Å². The van der Waals surface area contributed by atoms with Gasteiger partial charge in [-0.1, -0.05) is 0 Å². The summed E-state index contributed by atoms with van der Waals surface area (Å²) in [4.78, 5) is 26.3. The van der Waals surface area contributed by atoms with Crippen molar-refractivity contribution >= 4 is 21.9 Å². The van der Waals surface area contributed by atoms with Gasteiger partial charge in [-0.3, -0.25) is 14.1 Å². The van der Waals surface area contributed by atoms with Gasteiger partial charge in [-0.05, 0) is 51.1 Å². The van der Waals surface area contributed by atoms with E-state index in [1.54, 1.807) is 4.90 Å². The Morgan fingerprint density at radius 2 is 1.92 bits per heavy atom. The molecule has 0 radical (unpaired) electrons. The van der Waals surface area contributed by atoms with E-state index in [-0.39, 0.29) is 24.3 Å². The van der Waals surface area contributed by atoms with Crippen LogP contribution in [0, 0.1) is 11.8 Å². The van der Waals surface area contributed by atoms with Crippen LogP contribution in [0.4, 0.5) is 0 Å². The van der Waals surface area contributed by atoms with Gasteiger partial charge in [-0.2, -0.15) is 8.42 Å². The summed E-state index contributed by atoms with van der Waals surface area (Å²) in [6.45, 7) is 3.00. The average Bonchev–Trinajstić information content (AvgIpc) is 2.59. The number of amides is 2. The Bertz CT molecular complexity index is 560. The van der Waals surface area contributed by atoms with Gasteiger partial charge in [0.1, 0.15) is 0 Å². The molecular formula is C16H29N3O5S. The van der Waals surface area contributed by atoms with E-state index < -0.39 is 15.9 Å². The molecule has 2 rings (SSSR count). The molecule has 8 nitrogen and oxygen atoms in total. The maximum absolute atomic E-state index is 12.4. The number of carbonyl (C=O) groups excluding carboxylic acids is 2. The molecule has 2 fully saturated rings. The van der Waals surface area contributed by atoms with Gasteiger partial charge in [0.25, 0.3) is 10.1 Å². The molecule has 144 valence electrons. The Balaban J connectivity index is 1.73. The van der Waals surface area contributed by atoms with E-state index in [1.807, 2.05) is 0 Å². The molecule has 0 aromatic rings. The number of nitrogens with zero attached hydrogens (tertiary/aromatic N) is 1. The van der Waals surface area contributed by atoms with E-state index in [2.05, 4.69) is 10.6 Å². The second-order valence-corrected chi connectivity index (χ2v) is 8.56. The van der Waals surface area contributed by atoms with Crippen LogP contribution in [0.25, 0.3) is 0 Å². The molecule has 3 N–H and O–H groups in total. The molecule has 2 amide bonds. The zero-order valence-corrected chi connectivity index (χ0v) is 15.4. The first-order valence-electron chi connectivity index (χ1n) is 9.06. The van der Waals surface area contributed by atoms with E-state index in [0.717, 1.165) is 38.8 Å². The largest absolute Gasteiger partial charge is 0.355 e. The second kappa shape index (κ2) is 9.49. The normalized spacial score (nSPS) is 22.6. The summed E-state index contributed by atoms with van der Waals surface area (Å²) in [7, 11) is -4.08. The number of hydrogen-bond acceptors (Lipinski definition) is 5. The minimum Gasteiger partial charge on any atom is -0.355 e. The zero-order valence-electron chi connectivity index (χ0n) is 14.6. The summed E-state index contributed by atoms with van der Waals surface area (Å²) < 4.78 is 30.0. The average molecular weight is 375 g/mol. The van der Waals surface area contributed by atoms with Crippen LogP contribution >= 0.6 is 0 Å². The van der Waals surface area contributed by atoms with Gasteiger partial charge in [0, 0.05) is 26.1 Å². The molecule has 0 saturated carbocycles. The van der Waals surface area contributed by atoms with Crippen LogP contribution in [0.15, 0.2) is 0 Å². The van der Waals surface area contributed by atoms with E-state index in [4.69, 9.17) is 4.55 Å². The van der Waals surface area contributed by atoms with Crippen molar-refractivity contribution in [3.05, 3.63) is 0 Å². The third kappa shape index (κ3) is 7.29. The Hall–Kier alpha value is -1.19. The highest BCUT2D eigenvalue weighted by Gasteiger charge is 2.28. The molecular weight excluding hydrogens is 346 g/mol. The zero-order chi connectivity index (χ0) is 18.3. The van der Waals surface area contributed by atoms with E-state index in [1.165, 1.54) is 0 Å². The fraction of sp³-hybridized carbons (Fsp3) is 0.875. The lowest BCUT2D eigenvalue weighted by molar-refractivity contribution is -0.136. The molecule has 2 heterocycles. The van der Waals surface area contributed by atoms with Gasteiger partial charge in [0.05, 0.1) is 11.7 Å². The number of piperidine rings is 2. The summed E-state index contributed by atoms with van der Waals surface area (Å²) in [5.41, 5.74) is 0. The summed E-state index contributed by atoms with van der Waals surface area (Å²) in [6.07, 6.45) is 5.13. The number of likely N-dealkylation sites (tertiary alicyclic amines) is 1. The lowest BCUT2D eigenvalue weighted by atomic mass is 9.92. The van der Waals surface area contributed by atoms with Crippen LogP contribution < -0.4 is 10.6 Å². The van der Waals surface area contributed by atoms with Crippen LogP contribution in [0.2, 0.25) is 0 Å². The minimum absolute atomic E-state index is 0.106. The van der Waals surface area contributed by atoms with E-state index >= 15 is 0 Å². The topological polar surface area (TPSA) is 116 Å². The molecule has 25 heavy (non-hydrogen) atoms. The molecule has 2 saturated heterocycles. The predicted molar refractivity (Wildman–Crippen MR) is 93.6 cm³/mol. The highest BCUT2D eigenvalue weighted by Crippen LogP contribution is 2.21. The maximum atomic E-state index is 12.4. The molecule has 0 spiro atoms. The van der Waals surface area contributed by atoms with Crippen molar-refractivity contribution in [2.45, 2.75) is 38.5 Å². The predicted octanol–water partition coefficient (Wildman–Crippen LogP) is 0.00880. The first kappa shape index (κ1) is 20.1. The maximum Gasteiger partial charge on any atom is 0.266 e. The molecule has 9 heteroatoms. The van der Waals surface area contributed by atoms with Gasteiger partial charge < -0.3 is 15.5 Å². The Morgan fingerprint density at radius 1 is 1.20 bits per heavy atom. The summed E-state index contributed by atoms with van der Waals surface area (Å²) in [5, 5.41) is 5.85. The Morgan fingerprint density at radius 3 is 2.60 bits per heavy atom. The van der Waals surface area contributed by atoms with Crippen LogP contribution in [0.1, 0.15) is 38.5 Å². The first-order chi connectivity index (χ1) is 11.8. The monoisotopic (exact) mass is 375 g/mol. The van der Waals surface area contributed by atoms with E-state index in [0.29, 0.717) is 31.8 Å². The Labute approximate surface area is 149 Å². The molecule has 1 unspecified atom stereocenters. The molecule has 2 aliphatic heterocycles. The molecule has 2 aliphatic rings. The van der Waals surface area contributed by atoms with Crippen molar-refractivity contribution in [2.75, 3.05) is 38.5 Å². The quantitative estimate of drug-likeness (QED) is 0.540. The summed E-state index contributed by atoms with van der Waals surface area (Å²) in [6, 6.07) is 0. The number of rotatable bonds is 7. The molecule has 0 aromatic heterocycles. The van der Waals surface area contributed by atoms with Crippen molar-refractivity contribution in [2.24, 2.45) is 11.8 Å². The van der Waals surface area contributed by atoms with Crippen molar-refractivity contribution in [1.82, 2.24) is 15.5 Å². The third-order valence-electron chi connectivity index (χ3n) is 5.03. The van der Waals surface area contributed by atoms with Crippen molar-refractivity contribution in [3.63, 3.8) is 0 Å². The molecule has 0 aromatic carbocycles. The third-order valence-corrected chi connectivity index (χ3v) is 5.75. The SMILES string of the molecule is O=C(NCCS(=O)(=O)O)C1CCCN(C(=O)CCC2CCNCC2)C1.